The third-order valence-corrected chi connectivity index (χ3v) is 7.10. The molecule has 35 heavy (non-hydrogen) atoms. The van der Waals surface area contributed by atoms with Crippen LogP contribution < -0.4 is 14.9 Å². The minimum absolute atomic E-state index is 0.0415. The van der Waals surface area contributed by atoms with Crippen LogP contribution in [-0.2, 0) is 21.4 Å². The summed E-state index contributed by atoms with van der Waals surface area (Å²) in [5.41, 5.74) is 4.56. The van der Waals surface area contributed by atoms with Crippen LogP contribution in [0.2, 0.25) is 5.02 Å². The van der Waals surface area contributed by atoms with Gasteiger partial charge in [-0.25, -0.2) is 13.8 Å². The van der Waals surface area contributed by atoms with Crippen molar-refractivity contribution in [2.24, 2.45) is 5.10 Å². The molecule has 1 N–H and O–H groups in total. The SMILES string of the molecule is COc1ccc(/C=N\NC(=O)CN(Cc2cccc(Cl)c2)S(=O)(=O)c2ccc(C)cc2)c(OC)c1. The fraction of sp³-hybridized carbons (Fsp3) is 0.200. The van der Waals surface area contributed by atoms with Crippen LogP contribution in [0.1, 0.15) is 16.7 Å². The number of hydrogen-bond acceptors (Lipinski definition) is 6. The maximum Gasteiger partial charge on any atom is 0.255 e. The average Bonchev–Trinajstić information content (AvgIpc) is 2.84. The highest BCUT2D eigenvalue weighted by Gasteiger charge is 2.27. The lowest BCUT2D eigenvalue weighted by Crippen LogP contribution is -2.39. The van der Waals surface area contributed by atoms with Crippen molar-refractivity contribution in [1.29, 1.82) is 0 Å². The molecule has 0 atom stereocenters. The Balaban J connectivity index is 1.79. The Morgan fingerprint density at radius 1 is 1.06 bits per heavy atom. The number of rotatable bonds is 10. The van der Waals surface area contributed by atoms with E-state index in [0.717, 1.165) is 9.87 Å². The molecule has 3 aromatic carbocycles. The van der Waals surface area contributed by atoms with Crippen molar-refractivity contribution in [1.82, 2.24) is 9.73 Å². The Morgan fingerprint density at radius 2 is 1.80 bits per heavy atom. The van der Waals surface area contributed by atoms with Crippen molar-refractivity contribution in [2.45, 2.75) is 18.4 Å². The Morgan fingerprint density at radius 3 is 2.46 bits per heavy atom. The molecule has 184 valence electrons. The van der Waals surface area contributed by atoms with E-state index in [1.807, 2.05) is 6.92 Å². The Bertz CT molecular complexity index is 1310. The van der Waals surface area contributed by atoms with Crippen molar-refractivity contribution in [3.63, 3.8) is 0 Å². The number of benzene rings is 3. The summed E-state index contributed by atoms with van der Waals surface area (Å²) >= 11 is 6.07. The van der Waals surface area contributed by atoms with E-state index in [9.17, 15) is 13.2 Å². The maximum absolute atomic E-state index is 13.4. The number of ether oxygens (including phenoxy) is 2. The highest BCUT2D eigenvalue weighted by molar-refractivity contribution is 7.89. The number of amides is 1. The molecule has 1 amide bonds. The molecule has 0 aliphatic rings. The van der Waals surface area contributed by atoms with E-state index in [1.165, 1.54) is 25.5 Å². The zero-order chi connectivity index (χ0) is 25.4. The lowest BCUT2D eigenvalue weighted by atomic mass is 10.2. The molecular weight excluding hydrogens is 490 g/mol. The highest BCUT2D eigenvalue weighted by Crippen LogP contribution is 2.23. The van der Waals surface area contributed by atoms with E-state index in [4.69, 9.17) is 21.1 Å². The number of hydrogen-bond donors (Lipinski definition) is 1. The van der Waals surface area contributed by atoms with E-state index in [0.29, 0.717) is 27.6 Å². The number of hydrazone groups is 1. The second-order valence-corrected chi connectivity index (χ2v) is 9.99. The molecule has 0 heterocycles. The average molecular weight is 516 g/mol. The molecule has 0 bridgehead atoms. The topological polar surface area (TPSA) is 97.3 Å². The van der Waals surface area contributed by atoms with Crippen molar-refractivity contribution < 1.29 is 22.7 Å². The first kappa shape index (κ1) is 26.2. The minimum atomic E-state index is -3.98. The summed E-state index contributed by atoms with van der Waals surface area (Å²) in [7, 11) is -0.923. The number of nitrogens with zero attached hydrogens (tertiary/aromatic N) is 2. The van der Waals surface area contributed by atoms with Crippen molar-refractivity contribution in [2.75, 3.05) is 20.8 Å². The molecule has 0 saturated carbocycles. The fourth-order valence-corrected chi connectivity index (χ4v) is 4.82. The van der Waals surface area contributed by atoms with Crippen LogP contribution in [0.5, 0.6) is 11.5 Å². The Labute approximate surface area is 210 Å². The third kappa shape index (κ3) is 7.05. The largest absolute Gasteiger partial charge is 0.497 e. The number of halogens is 1. The molecule has 10 heteroatoms. The van der Waals surface area contributed by atoms with Gasteiger partial charge in [0.1, 0.15) is 11.5 Å². The zero-order valence-corrected chi connectivity index (χ0v) is 21.1. The maximum atomic E-state index is 13.4. The van der Waals surface area contributed by atoms with Gasteiger partial charge in [-0.15, -0.1) is 0 Å². The van der Waals surface area contributed by atoms with Crippen LogP contribution in [0.4, 0.5) is 0 Å². The second-order valence-electron chi connectivity index (χ2n) is 7.62. The molecule has 0 aliphatic carbocycles. The van der Waals surface area contributed by atoms with Gasteiger partial charge in [0.25, 0.3) is 5.91 Å². The number of nitrogens with one attached hydrogen (secondary N) is 1. The van der Waals surface area contributed by atoms with Gasteiger partial charge in [-0.05, 0) is 48.9 Å². The summed E-state index contributed by atoms with van der Waals surface area (Å²) < 4.78 is 38.3. The number of sulfonamides is 1. The zero-order valence-electron chi connectivity index (χ0n) is 19.6. The first-order chi connectivity index (χ1) is 16.7. The van der Waals surface area contributed by atoms with Gasteiger partial charge in [0.05, 0.1) is 31.9 Å². The molecule has 3 aromatic rings. The summed E-state index contributed by atoms with van der Waals surface area (Å²) in [6, 6.07) is 18.4. The summed E-state index contributed by atoms with van der Waals surface area (Å²) in [4.78, 5) is 12.8. The molecule has 0 aliphatic heterocycles. The summed E-state index contributed by atoms with van der Waals surface area (Å²) in [5.74, 6) is 0.513. The molecule has 0 aromatic heterocycles. The minimum Gasteiger partial charge on any atom is -0.497 e. The monoisotopic (exact) mass is 515 g/mol. The lowest BCUT2D eigenvalue weighted by molar-refractivity contribution is -0.121. The predicted octanol–water partition coefficient (Wildman–Crippen LogP) is 4.01. The smallest absolute Gasteiger partial charge is 0.255 e. The number of methoxy groups -OCH3 is 2. The molecule has 0 fully saturated rings. The standard InChI is InChI=1S/C25H26ClN3O5S/c1-18-7-11-23(12-8-18)35(31,32)29(16-19-5-4-6-21(26)13-19)17-25(30)28-27-15-20-9-10-22(33-2)14-24(20)34-3/h4-15H,16-17H2,1-3H3,(H,28,30)/b27-15-. The summed E-state index contributed by atoms with van der Waals surface area (Å²) in [5, 5.41) is 4.43. The van der Waals surface area contributed by atoms with E-state index in [2.05, 4.69) is 10.5 Å². The van der Waals surface area contributed by atoms with Crippen molar-refractivity contribution in [3.05, 3.63) is 88.4 Å². The van der Waals surface area contributed by atoms with Crippen molar-refractivity contribution in [3.8, 4) is 11.5 Å². The third-order valence-electron chi connectivity index (χ3n) is 5.06. The molecule has 0 spiro atoms. The van der Waals surface area contributed by atoms with Gasteiger partial charge in [0, 0.05) is 23.2 Å². The predicted molar refractivity (Wildman–Crippen MR) is 136 cm³/mol. The van der Waals surface area contributed by atoms with Gasteiger partial charge in [-0.2, -0.15) is 9.41 Å². The van der Waals surface area contributed by atoms with Gasteiger partial charge in [-0.1, -0.05) is 41.4 Å². The first-order valence-corrected chi connectivity index (χ1v) is 12.4. The quantitative estimate of drug-likeness (QED) is 0.325. The van der Waals surface area contributed by atoms with E-state index < -0.39 is 22.5 Å². The second kappa shape index (κ2) is 11.8. The van der Waals surface area contributed by atoms with Crippen LogP contribution in [0.25, 0.3) is 0 Å². The number of carbonyl (C=O) groups is 1. The van der Waals surface area contributed by atoms with Gasteiger partial charge in [0.15, 0.2) is 0 Å². The lowest BCUT2D eigenvalue weighted by Gasteiger charge is -2.21. The van der Waals surface area contributed by atoms with Crippen LogP contribution in [0.3, 0.4) is 0 Å². The fourth-order valence-electron chi connectivity index (χ4n) is 3.22. The molecule has 8 nitrogen and oxygen atoms in total. The van der Waals surface area contributed by atoms with E-state index >= 15 is 0 Å². The van der Waals surface area contributed by atoms with Crippen LogP contribution in [0.15, 0.2) is 76.7 Å². The van der Waals surface area contributed by atoms with Crippen molar-refractivity contribution >= 4 is 33.7 Å². The molecule has 0 unspecified atom stereocenters. The van der Waals surface area contributed by atoms with Gasteiger partial charge in [0.2, 0.25) is 10.0 Å². The van der Waals surface area contributed by atoms with Gasteiger partial charge in [-0.3, -0.25) is 4.79 Å². The van der Waals surface area contributed by atoms with Crippen LogP contribution in [0, 0.1) is 6.92 Å². The first-order valence-electron chi connectivity index (χ1n) is 10.6. The van der Waals surface area contributed by atoms with E-state index in [1.54, 1.807) is 61.7 Å². The highest BCUT2D eigenvalue weighted by atomic mass is 35.5. The molecule has 0 radical (unpaired) electrons. The molecule has 3 rings (SSSR count). The van der Waals surface area contributed by atoms with Gasteiger partial charge >= 0.3 is 0 Å². The van der Waals surface area contributed by atoms with Gasteiger partial charge < -0.3 is 9.47 Å². The molecule has 0 saturated heterocycles. The summed E-state index contributed by atoms with van der Waals surface area (Å²) in [6.07, 6.45) is 1.41. The van der Waals surface area contributed by atoms with E-state index in [-0.39, 0.29) is 11.4 Å². The number of carbonyl (C=O) groups excluding carboxylic acids is 1. The Kier molecular flexibility index (Phi) is 8.86. The normalized spacial score (nSPS) is 11.6. The molecular formula is C25H26ClN3O5S. The number of aryl methyl sites for hydroxylation is 1. The summed E-state index contributed by atoms with van der Waals surface area (Å²) in [6.45, 7) is 1.38. The van der Waals surface area contributed by atoms with Crippen LogP contribution in [-0.4, -0.2) is 45.6 Å². The Hall–Kier alpha value is -3.40. The van der Waals surface area contributed by atoms with Crippen LogP contribution >= 0.6 is 11.6 Å².